The van der Waals surface area contributed by atoms with E-state index in [0.29, 0.717) is 5.02 Å². The van der Waals surface area contributed by atoms with Gasteiger partial charge in [0, 0.05) is 11.6 Å². The van der Waals surface area contributed by atoms with E-state index in [-0.39, 0.29) is 18.0 Å². The van der Waals surface area contributed by atoms with E-state index in [4.69, 9.17) is 16.3 Å². The molecule has 0 amide bonds. The molecule has 0 radical (unpaired) electrons. The summed E-state index contributed by atoms with van der Waals surface area (Å²) in [7, 11) is -3.55. The van der Waals surface area contributed by atoms with Gasteiger partial charge in [0.2, 0.25) is 10.0 Å². The Morgan fingerprint density at radius 1 is 1.00 bits per heavy atom. The predicted molar refractivity (Wildman–Crippen MR) is 92.8 cm³/mol. The average molecular weight is 354 g/mol. The molecule has 124 valence electrons. The molecule has 0 unspecified atom stereocenters. The molecule has 6 heteroatoms. The van der Waals surface area contributed by atoms with Crippen molar-refractivity contribution in [3.8, 4) is 5.75 Å². The summed E-state index contributed by atoms with van der Waals surface area (Å²) >= 11 is 5.76. The minimum Gasteiger partial charge on any atom is -0.492 e. The zero-order valence-corrected chi connectivity index (χ0v) is 15.0. The zero-order valence-electron chi connectivity index (χ0n) is 13.4. The molecule has 0 spiro atoms. The Bertz CT molecular complexity index is 786. The third kappa shape index (κ3) is 4.47. The van der Waals surface area contributed by atoms with E-state index in [1.54, 1.807) is 12.1 Å². The second-order valence-electron chi connectivity index (χ2n) is 5.35. The molecule has 0 saturated heterocycles. The maximum absolute atomic E-state index is 12.1. The summed E-state index contributed by atoms with van der Waals surface area (Å²) in [6, 6.07) is 10.1. The molecule has 0 aliphatic carbocycles. The highest BCUT2D eigenvalue weighted by Gasteiger charge is 2.13. The minimum absolute atomic E-state index is 0.185. The van der Waals surface area contributed by atoms with Crippen LogP contribution in [0.4, 0.5) is 0 Å². The molecule has 0 bridgehead atoms. The van der Waals surface area contributed by atoms with Gasteiger partial charge in [-0.3, -0.25) is 0 Å². The van der Waals surface area contributed by atoms with Crippen molar-refractivity contribution in [3.63, 3.8) is 0 Å². The van der Waals surface area contributed by atoms with Crippen LogP contribution in [0.1, 0.15) is 16.7 Å². The molecule has 0 aromatic heterocycles. The number of aryl methyl sites for hydroxylation is 2. The van der Waals surface area contributed by atoms with Crippen LogP contribution in [-0.2, 0) is 10.0 Å². The first-order valence-corrected chi connectivity index (χ1v) is 9.12. The monoisotopic (exact) mass is 353 g/mol. The van der Waals surface area contributed by atoms with Gasteiger partial charge in [-0.05, 0) is 61.7 Å². The third-order valence-corrected chi connectivity index (χ3v) is 5.37. The van der Waals surface area contributed by atoms with Crippen molar-refractivity contribution in [1.29, 1.82) is 0 Å². The molecule has 23 heavy (non-hydrogen) atoms. The lowest BCUT2D eigenvalue weighted by atomic mass is 10.1. The highest BCUT2D eigenvalue weighted by atomic mass is 35.5. The fourth-order valence-electron chi connectivity index (χ4n) is 2.17. The summed E-state index contributed by atoms with van der Waals surface area (Å²) in [5, 5.41) is 0.498. The van der Waals surface area contributed by atoms with E-state index in [1.165, 1.54) is 12.1 Å². The van der Waals surface area contributed by atoms with E-state index in [2.05, 4.69) is 4.72 Å². The molecule has 2 aromatic rings. The van der Waals surface area contributed by atoms with E-state index >= 15 is 0 Å². The van der Waals surface area contributed by atoms with E-state index in [1.807, 2.05) is 32.9 Å². The highest BCUT2D eigenvalue weighted by Crippen LogP contribution is 2.25. The summed E-state index contributed by atoms with van der Waals surface area (Å²) in [6.45, 7) is 6.44. The van der Waals surface area contributed by atoms with Crippen molar-refractivity contribution in [2.24, 2.45) is 0 Å². The fraction of sp³-hybridized carbons (Fsp3) is 0.294. The van der Waals surface area contributed by atoms with Crippen LogP contribution >= 0.6 is 11.6 Å². The number of rotatable bonds is 6. The number of hydrogen-bond donors (Lipinski definition) is 1. The Kier molecular flexibility index (Phi) is 5.68. The van der Waals surface area contributed by atoms with Gasteiger partial charge in [0.1, 0.15) is 12.4 Å². The quantitative estimate of drug-likeness (QED) is 0.807. The van der Waals surface area contributed by atoms with Gasteiger partial charge in [0.05, 0.1) is 4.90 Å². The maximum Gasteiger partial charge on any atom is 0.240 e. The van der Waals surface area contributed by atoms with Crippen molar-refractivity contribution < 1.29 is 13.2 Å². The Morgan fingerprint density at radius 2 is 1.61 bits per heavy atom. The van der Waals surface area contributed by atoms with Crippen LogP contribution < -0.4 is 9.46 Å². The number of hydrogen-bond acceptors (Lipinski definition) is 3. The van der Waals surface area contributed by atoms with E-state index in [9.17, 15) is 8.42 Å². The predicted octanol–water partition coefficient (Wildman–Crippen LogP) is 3.62. The first-order chi connectivity index (χ1) is 10.8. The molecule has 2 aromatic carbocycles. The minimum atomic E-state index is -3.55. The van der Waals surface area contributed by atoms with E-state index < -0.39 is 10.0 Å². The standard InChI is InChI=1S/C17H20ClNO3S/c1-12-4-5-13(2)17(14(12)3)22-11-10-19-23(20,21)16-8-6-15(18)7-9-16/h4-9,19H,10-11H2,1-3H3. The number of benzene rings is 2. The molecule has 1 N–H and O–H groups in total. The normalized spacial score (nSPS) is 11.5. The first kappa shape index (κ1) is 17.8. The molecular weight excluding hydrogens is 334 g/mol. The van der Waals surface area contributed by atoms with Gasteiger partial charge in [0.15, 0.2) is 0 Å². The van der Waals surface area contributed by atoms with Crippen molar-refractivity contribution in [2.45, 2.75) is 25.7 Å². The highest BCUT2D eigenvalue weighted by molar-refractivity contribution is 7.89. The Labute approximate surface area is 142 Å². The lowest BCUT2D eigenvalue weighted by Gasteiger charge is -2.14. The molecule has 0 aliphatic rings. The fourth-order valence-corrected chi connectivity index (χ4v) is 3.31. The SMILES string of the molecule is Cc1ccc(C)c(OCCNS(=O)(=O)c2ccc(Cl)cc2)c1C. The smallest absolute Gasteiger partial charge is 0.240 e. The van der Waals surface area contributed by atoms with Crippen molar-refractivity contribution >= 4 is 21.6 Å². The molecule has 0 aliphatic heterocycles. The molecule has 4 nitrogen and oxygen atoms in total. The van der Waals surface area contributed by atoms with Gasteiger partial charge in [0.25, 0.3) is 0 Å². The topological polar surface area (TPSA) is 55.4 Å². The summed E-state index contributed by atoms with van der Waals surface area (Å²) in [4.78, 5) is 0.185. The van der Waals surface area contributed by atoms with E-state index in [0.717, 1.165) is 22.4 Å². The van der Waals surface area contributed by atoms with Crippen LogP contribution in [0.15, 0.2) is 41.3 Å². The third-order valence-electron chi connectivity index (χ3n) is 3.64. The van der Waals surface area contributed by atoms with Gasteiger partial charge in [-0.1, -0.05) is 23.7 Å². The summed E-state index contributed by atoms with van der Waals surface area (Å²) < 4.78 is 32.5. The van der Waals surface area contributed by atoms with Crippen LogP contribution in [0.3, 0.4) is 0 Å². The Hall–Kier alpha value is -1.56. The van der Waals surface area contributed by atoms with Crippen LogP contribution in [-0.4, -0.2) is 21.6 Å². The van der Waals surface area contributed by atoms with Crippen molar-refractivity contribution in [1.82, 2.24) is 4.72 Å². The second kappa shape index (κ2) is 7.34. The molecule has 2 rings (SSSR count). The molecule has 0 atom stereocenters. The molecule has 0 heterocycles. The summed E-state index contributed by atoms with van der Waals surface area (Å²) in [5.41, 5.74) is 3.26. The zero-order chi connectivity index (χ0) is 17.0. The van der Waals surface area contributed by atoms with Gasteiger partial charge in [-0.2, -0.15) is 0 Å². The first-order valence-electron chi connectivity index (χ1n) is 7.26. The number of sulfonamides is 1. The summed E-state index contributed by atoms with van der Waals surface area (Å²) in [6.07, 6.45) is 0. The number of halogens is 1. The van der Waals surface area contributed by atoms with Crippen LogP contribution in [0.5, 0.6) is 5.75 Å². The van der Waals surface area contributed by atoms with Gasteiger partial charge in [-0.25, -0.2) is 13.1 Å². The number of ether oxygens (including phenoxy) is 1. The van der Waals surface area contributed by atoms with Crippen LogP contribution in [0.2, 0.25) is 5.02 Å². The van der Waals surface area contributed by atoms with Gasteiger partial charge in [-0.15, -0.1) is 0 Å². The maximum atomic E-state index is 12.1. The van der Waals surface area contributed by atoms with Crippen molar-refractivity contribution in [2.75, 3.05) is 13.2 Å². The van der Waals surface area contributed by atoms with Gasteiger partial charge < -0.3 is 4.74 Å². The Morgan fingerprint density at radius 3 is 2.26 bits per heavy atom. The second-order valence-corrected chi connectivity index (χ2v) is 7.56. The van der Waals surface area contributed by atoms with Crippen LogP contribution in [0, 0.1) is 20.8 Å². The Balaban J connectivity index is 1.95. The molecular formula is C17H20ClNO3S. The summed E-state index contributed by atoms with van der Waals surface area (Å²) in [5.74, 6) is 0.815. The lowest BCUT2D eigenvalue weighted by molar-refractivity contribution is 0.318. The van der Waals surface area contributed by atoms with Gasteiger partial charge >= 0.3 is 0 Å². The molecule has 0 fully saturated rings. The van der Waals surface area contributed by atoms with Crippen LogP contribution in [0.25, 0.3) is 0 Å². The largest absolute Gasteiger partial charge is 0.492 e. The molecule has 0 saturated carbocycles. The number of nitrogens with one attached hydrogen (secondary N) is 1. The lowest BCUT2D eigenvalue weighted by Crippen LogP contribution is -2.28. The average Bonchev–Trinajstić information content (AvgIpc) is 2.51. The van der Waals surface area contributed by atoms with Crippen molar-refractivity contribution in [3.05, 3.63) is 58.1 Å².